The molecule has 0 spiro atoms. The number of aromatic nitrogens is 4. The Kier molecular flexibility index (Phi) is 5.36. The first-order valence-electron chi connectivity index (χ1n) is 8.85. The quantitative estimate of drug-likeness (QED) is 0.679. The Morgan fingerprint density at radius 2 is 1.93 bits per heavy atom. The summed E-state index contributed by atoms with van der Waals surface area (Å²) in [7, 11) is 0. The van der Waals surface area contributed by atoms with Crippen LogP contribution in [0.4, 0.5) is 0 Å². The maximum atomic E-state index is 12.9. The van der Waals surface area contributed by atoms with Gasteiger partial charge in [-0.25, -0.2) is 0 Å². The first-order valence-corrected chi connectivity index (χ1v) is 9.73. The molecule has 1 aliphatic rings. The van der Waals surface area contributed by atoms with Gasteiger partial charge in [-0.2, -0.15) is 4.68 Å². The minimum absolute atomic E-state index is 0.0509. The van der Waals surface area contributed by atoms with E-state index in [2.05, 4.69) is 44.7 Å². The van der Waals surface area contributed by atoms with Gasteiger partial charge >= 0.3 is 0 Å². The topological polar surface area (TPSA) is 67.2 Å². The first-order chi connectivity index (χ1) is 13.3. The largest absolute Gasteiger partial charge is 0.335 e. The molecule has 0 bridgehead atoms. The smallest absolute Gasteiger partial charge is 0.266 e. The zero-order chi connectivity index (χ0) is 18.5. The second-order valence-corrected chi connectivity index (χ2v) is 7.21. The molecule has 2 aromatic heterocycles. The van der Waals surface area contributed by atoms with Crippen LogP contribution in [-0.2, 0) is 0 Å². The second kappa shape index (κ2) is 8.24. The van der Waals surface area contributed by atoms with Gasteiger partial charge in [0.1, 0.15) is 11.2 Å². The van der Waals surface area contributed by atoms with Gasteiger partial charge < -0.3 is 4.90 Å². The molecule has 0 atom stereocenters. The average molecular weight is 380 g/mol. The summed E-state index contributed by atoms with van der Waals surface area (Å²) in [5, 5.41) is 13.1. The molecule has 3 heterocycles. The fraction of sp³-hybridized carbons (Fsp3) is 0.263. The van der Waals surface area contributed by atoms with E-state index < -0.39 is 0 Å². The number of carbonyl (C=O) groups excluding carboxylic acids is 1. The van der Waals surface area contributed by atoms with Crippen LogP contribution in [0.25, 0.3) is 11.8 Å². The van der Waals surface area contributed by atoms with Gasteiger partial charge in [0.25, 0.3) is 5.91 Å². The Hall–Kier alpha value is -2.84. The van der Waals surface area contributed by atoms with Gasteiger partial charge in [-0.15, -0.1) is 16.4 Å². The Balaban J connectivity index is 1.32. The average Bonchev–Trinajstić information content (AvgIpc) is 3.40. The van der Waals surface area contributed by atoms with Crippen LogP contribution in [-0.4, -0.2) is 68.6 Å². The summed E-state index contributed by atoms with van der Waals surface area (Å²) in [4.78, 5) is 17.9. The van der Waals surface area contributed by atoms with Crippen molar-refractivity contribution in [3.63, 3.8) is 0 Å². The maximum Gasteiger partial charge on any atom is 0.266 e. The maximum absolute atomic E-state index is 12.9. The molecule has 3 aromatic rings. The van der Waals surface area contributed by atoms with Gasteiger partial charge in [-0.3, -0.25) is 9.69 Å². The van der Waals surface area contributed by atoms with Gasteiger partial charge in [0, 0.05) is 32.7 Å². The van der Waals surface area contributed by atoms with Gasteiger partial charge in [0.2, 0.25) is 0 Å². The molecular weight excluding hydrogens is 360 g/mol. The van der Waals surface area contributed by atoms with E-state index in [1.165, 1.54) is 27.9 Å². The number of piperazine rings is 1. The number of thiophene rings is 1. The van der Waals surface area contributed by atoms with E-state index in [0.717, 1.165) is 38.4 Å². The van der Waals surface area contributed by atoms with Crippen LogP contribution < -0.4 is 0 Å². The third kappa shape index (κ3) is 4.12. The minimum atomic E-state index is 0.0509. The highest BCUT2D eigenvalue weighted by Crippen LogP contribution is 2.22. The zero-order valence-corrected chi connectivity index (χ0v) is 15.6. The Morgan fingerprint density at radius 1 is 1.11 bits per heavy atom. The number of amides is 1. The number of hydrogen-bond donors (Lipinski definition) is 0. The Labute approximate surface area is 161 Å². The zero-order valence-electron chi connectivity index (χ0n) is 14.8. The Bertz CT molecular complexity index is 897. The fourth-order valence-electron chi connectivity index (χ4n) is 3.09. The summed E-state index contributed by atoms with van der Waals surface area (Å²) in [5.41, 5.74) is 1.95. The molecule has 27 heavy (non-hydrogen) atoms. The van der Waals surface area contributed by atoms with Gasteiger partial charge in [0.15, 0.2) is 0 Å². The summed E-state index contributed by atoms with van der Waals surface area (Å²) in [6, 6.07) is 12.2. The minimum Gasteiger partial charge on any atom is -0.335 e. The van der Waals surface area contributed by atoms with E-state index in [9.17, 15) is 4.79 Å². The highest BCUT2D eigenvalue weighted by Gasteiger charge is 2.25. The molecule has 1 saturated heterocycles. The molecule has 138 valence electrons. The molecule has 0 radical (unpaired) electrons. The molecule has 4 rings (SSSR count). The van der Waals surface area contributed by atoms with Crippen LogP contribution >= 0.6 is 11.3 Å². The molecule has 0 saturated carbocycles. The summed E-state index contributed by atoms with van der Waals surface area (Å²) in [6.45, 7) is 4.09. The number of tetrazole rings is 1. The highest BCUT2D eigenvalue weighted by atomic mass is 32.1. The van der Waals surface area contributed by atoms with Crippen molar-refractivity contribution < 1.29 is 4.79 Å². The lowest BCUT2D eigenvalue weighted by molar-refractivity contribution is 0.0655. The fourth-order valence-corrected chi connectivity index (χ4v) is 3.94. The van der Waals surface area contributed by atoms with Crippen LogP contribution in [0.2, 0.25) is 0 Å². The van der Waals surface area contributed by atoms with Crippen LogP contribution in [0.5, 0.6) is 0 Å². The summed E-state index contributed by atoms with van der Waals surface area (Å²) in [5.74, 6) is 0.0509. The Morgan fingerprint density at radius 3 is 2.67 bits per heavy atom. The van der Waals surface area contributed by atoms with Crippen molar-refractivity contribution in [2.75, 3.05) is 32.7 Å². The van der Waals surface area contributed by atoms with Gasteiger partial charge in [-0.05, 0) is 27.4 Å². The molecule has 0 N–H and O–H groups in total. The monoisotopic (exact) mass is 380 g/mol. The van der Waals surface area contributed by atoms with E-state index in [1.807, 2.05) is 34.5 Å². The molecule has 8 heteroatoms. The van der Waals surface area contributed by atoms with Gasteiger partial charge in [0.05, 0.1) is 5.69 Å². The predicted molar refractivity (Wildman–Crippen MR) is 105 cm³/mol. The summed E-state index contributed by atoms with van der Waals surface area (Å²) >= 11 is 1.43. The predicted octanol–water partition coefficient (Wildman–Crippen LogP) is 2.20. The van der Waals surface area contributed by atoms with Gasteiger partial charge in [-0.1, -0.05) is 42.5 Å². The first kappa shape index (κ1) is 17.6. The third-order valence-corrected chi connectivity index (χ3v) is 5.46. The molecule has 0 unspecified atom stereocenters. The van der Waals surface area contributed by atoms with Crippen LogP contribution in [0.3, 0.4) is 0 Å². The number of carbonyl (C=O) groups is 1. The van der Waals surface area contributed by atoms with Crippen molar-refractivity contribution in [1.29, 1.82) is 0 Å². The third-order valence-electron chi connectivity index (χ3n) is 4.57. The molecule has 1 fully saturated rings. The number of nitrogens with zero attached hydrogens (tertiary/aromatic N) is 6. The van der Waals surface area contributed by atoms with Crippen molar-refractivity contribution in [3.05, 3.63) is 64.6 Å². The molecule has 0 aliphatic carbocycles. The molecule has 1 aliphatic heterocycles. The highest BCUT2D eigenvalue weighted by molar-refractivity contribution is 7.12. The second-order valence-electron chi connectivity index (χ2n) is 6.30. The number of benzene rings is 1. The normalized spacial score (nSPS) is 15.5. The molecule has 7 nitrogen and oxygen atoms in total. The molecular formula is C19H20N6OS. The molecule has 1 aromatic carbocycles. The van der Waals surface area contributed by atoms with Crippen LogP contribution in [0, 0.1) is 0 Å². The van der Waals surface area contributed by atoms with Crippen molar-refractivity contribution in [3.8, 4) is 5.69 Å². The van der Waals surface area contributed by atoms with Crippen molar-refractivity contribution >= 4 is 23.3 Å². The lowest BCUT2D eigenvalue weighted by Crippen LogP contribution is -2.48. The number of hydrogen-bond acceptors (Lipinski definition) is 6. The number of rotatable bonds is 5. The lowest BCUT2D eigenvalue weighted by Gasteiger charge is -2.34. The van der Waals surface area contributed by atoms with Crippen molar-refractivity contribution in [1.82, 2.24) is 30.0 Å². The lowest BCUT2D eigenvalue weighted by atomic mass is 10.2. The standard InChI is InChI=1S/C19H20N6OS/c26-19(18-17(8-14-27-18)25-15-20-21-22-25)24-12-10-23(11-13-24)9-4-7-16-5-2-1-3-6-16/h1-8,14-15H,9-13H2/b7-4+. The van der Waals surface area contributed by atoms with E-state index in [-0.39, 0.29) is 5.91 Å². The SMILES string of the molecule is O=C(c1sccc1-n1cnnn1)N1CCN(C/C=C/c2ccccc2)CC1. The van der Waals surface area contributed by atoms with Crippen molar-refractivity contribution in [2.45, 2.75) is 0 Å². The summed E-state index contributed by atoms with van der Waals surface area (Å²) in [6.07, 6.45) is 5.83. The summed E-state index contributed by atoms with van der Waals surface area (Å²) < 4.78 is 1.54. The van der Waals surface area contributed by atoms with Crippen LogP contribution in [0.15, 0.2) is 54.2 Å². The van der Waals surface area contributed by atoms with E-state index in [1.54, 1.807) is 0 Å². The van der Waals surface area contributed by atoms with Crippen molar-refractivity contribution in [2.24, 2.45) is 0 Å². The molecule has 1 amide bonds. The van der Waals surface area contributed by atoms with E-state index in [4.69, 9.17) is 0 Å². The van der Waals surface area contributed by atoms with E-state index >= 15 is 0 Å². The van der Waals surface area contributed by atoms with E-state index in [0.29, 0.717) is 4.88 Å². The van der Waals surface area contributed by atoms with Crippen LogP contribution in [0.1, 0.15) is 15.2 Å².